The summed E-state index contributed by atoms with van der Waals surface area (Å²) in [7, 11) is 0. The van der Waals surface area contributed by atoms with Crippen LogP contribution < -0.4 is 0 Å². The summed E-state index contributed by atoms with van der Waals surface area (Å²) >= 11 is 0. The Labute approximate surface area is 131 Å². The van der Waals surface area contributed by atoms with Crippen molar-refractivity contribution in [1.82, 2.24) is 0 Å². The van der Waals surface area contributed by atoms with E-state index >= 15 is 0 Å². The Kier molecular flexibility index (Phi) is 9.60. The van der Waals surface area contributed by atoms with Crippen LogP contribution in [0.5, 0.6) is 0 Å². The van der Waals surface area contributed by atoms with Crippen LogP contribution in [-0.4, -0.2) is 48.2 Å². The molecular weight excluding hydrogens is 260 g/mol. The lowest BCUT2D eigenvalue weighted by Gasteiger charge is -2.37. The van der Waals surface area contributed by atoms with Crippen molar-refractivity contribution in [3.8, 4) is 0 Å². The molecule has 0 fully saturated rings. The van der Waals surface area contributed by atoms with Crippen LogP contribution in [0.15, 0.2) is 17.1 Å². The van der Waals surface area contributed by atoms with Crippen molar-refractivity contribution in [1.29, 1.82) is 0 Å². The molecule has 0 bridgehead atoms. The smallest absolute Gasteiger partial charge is 0.183 e. The number of allylic oxidation sites excluding steroid dienone is 2. The molecule has 0 aliphatic carbocycles. The van der Waals surface area contributed by atoms with E-state index in [0.717, 1.165) is 37.0 Å². The lowest BCUT2D eigenvalue weighted by atomic mass is 10.1. The highest BCUT2D eigenvalue weighted by molar-refractivity contribution is 5.60. The Morgan fingerprint density at radius 1 is 1.14 bits per heavy atom. The van der Waals surface area contributed by atoms with Gasteiger partial charge in [-0.15, -0.1) is 0 Å². The van der Waals surface area contributed by atoms with Crippen LogP contribution >= 0.6 is 0 Å². The van der Waals surface area contributed by atoms with E-state index in [-0.39, 0.29) is 6.61 Å². The second kappa shape index (κ2) is 11.0. The van der Waals surface area contributed by atoms with Crippen molar-refractivity contribution in [2.75, 3.05) is 26.2 Å². The minimum Gasteiger partial charge on any atom is -0.391 e. The normalized spacial score (nSPS) is 25.2. The van der Waals surface area contributed by atoms with Gasteiger partial charge in [-0.25, -0.2) is 4.99 Å². The number of aliphatic hydroxyl groups is 1. The molecule has 1 rings (SSSR count). The van der Waals surface area contributed by atoms with E-state index in [1.54, 1.807) is 0 Å². The van der Waals surface area contributed by atoms with Gasteiger partial charge in [0.2, 0.25) is 0 Å². The number of aliphatic hydroxyl groups excluding tert-OH is 1. The molecule has 1 heterocycles. The van der Waals surface area contributed by atoms with E-state index in [1.165, 1.54) is 38.5 Å². The third kappa shape index (κ3) is 6.31. The first-order valence-corrected chi connectivity index (χ1v) is 8.92. The average Bonchev–Trinajstić information content (AvgIpc) is 2.89. The van der Waals surface area contributed by atoms with Crippen molar-refractivity contribution in [2.45, 2.75) is 71.4 Å². The summed E-state index contributed by atoms with van der Waals surface area (Å²) in [4.78, 5) is 4.65. The van der Waals surface area contributed by atoms with Gasteiger partial charge in [0, 0.05) is 6.42 Å². The molecule has 3 heteroatoms. The number of rotatable bonds is 12. The molecule has 122 valence electrons. The number of aliphatic imine (C=N–C) groups is 1. The lowest BCUT2D eigenvalue weighted by Crippen LogP contribution is -2.53. The molecule has 0 spiro atoms. The summed E-state index contributed by atoms with van der Waals surface area (Å²) in [5.41, 5.74) is 0. The predicted octanol–water partition coefficient (Wildman–Crippen LogP) is 3.92. The zero-order valence-electron chi connectivity index (χ0n) is 14.1. The SMILES string of the molecule is CCCCCCC/C=C/CCC1N=CC[N+]1(CC)CCO. The molecule has 2 unspecified atom stereocenters. The predicted molar refractivity (Wildman–Crippen MR) is 91.7 cm³/mol. The summed E-state index contributed by atoms with van der Waals surface area (Å²) in [6.45, 7) is 7.62. The highest BCUT2D eigenvalue weighted by atomic mass is 16.3. The van der Waals surface area contributed by atoms with Gasteiger partial charge in [0.05, 0.1) is 19.4 Å². The molecule has 1 N–H and O–H groups in total. The molecular formula is C18H35N2O+. The Morgan fingerprint density at radius 2 is 1.90 bits per heavy atom. The van der Waals surface area contributed by atoms with Gasteiger partial charge in [0.25, 0.3) is 0 Å². The Bertz CT molecular complexity index is 314. The number of likely N-dealkylation sites (N-methyl/N-ethyl adjacent to an activating group) is 1. The summed E-state index contributed by atoms with van der Waals surface area (Å²) in [5.74, 6) is 0. The van der Waals surface area contributed by atoms with Crippen molar-refractivity contribution in [3.63, 3.8) is 0 Å². The van der Waals surface area contributed by atoms with Crippen LogP contribution in [0.2, 0.25) is 0 Å². The average molecular weight is 295 g/mol. The second-order valence-corrected chi connectivity index (χ2v) is 6.23. The van der Waals surface area contributed by atoms with Gasteiger partial charge >= 0.3 is 0 Å². The third-order valence-corrected chi connectivity index (χ3v) is 4.76. The van der Waals surface area contributed by atoms with Gasteiger partial charge in [0.15, 0.2) is 6.17 Å². The first kappa shape index (κ1) is 18.4. The minimum atomic E-state index is 0.265. The number of nitrogens with zero attached hydrogens (tertiary/aromatic N) is 2. The van der Waals surface area contributed by atoms with Gasteiger partial charge in [-0.2, -0.15) is 0 Å². The Hall–Kier alpha value is -0.670. The summed E-state index contributed by atoms with van der Waals surface area (Å²) in [5, 5.41) is 9.29. The molecule has 0 saturated heterocycles. The number of hydrogen-bond donors (Lipinski definition) is 1. The molecule has 0 saturated carbocycles. The maximum Gasteiger partial charge on any atom is 0.183 e. The van der Waals surface area contributed by atoms with Crippen LogP contribution in [0.3, 0.4) is 0 Å². The van der Waals surface area contributed by atoms with Crippen molar-refractivity contribution in [2.24, 2.45) is 4.99 Å². The van der Waals surface area contributed by atoms with Crippen LogP contribution in [0.25, 0.3) is 0 Å². The number of unbranched alkanes of at least 4 members (excludes halogenated alkanes) is 5. The Balaban J connectivity index is 2.17. The van der Waals surface area contributed by atoms with Crippen LogP contribution in [0.1, 0.15) is 65.2 Å². The van der Waals surface area contributed by atoms with Crippen LogP contribution in [0, 0.1) is 0 Å². The highest BCUT2D eigenvalue weighted by Gasteiger charge is 2.36. The molecule has 0 aromatic carbocycles. The number of quaternary nitrogens is 1. The largest absolute Gasteiger partial charge is 0.391 e. The maximum absolute atomic E-state index is 9.29. The van der Waals surface area contributed by atoms with Gasteiger partial charge in [-0.3, -0.25) is 4.48 Å². The minimum absolute atomic E-state index is 0.265. The molecule has 3 nitrogen and oxygen atoms in total. The zero-order valence-corrected chi connectivity index (χ0v) is 14.1. The molecule has 0 aromatic rings. The second-order valence-electron chi connectivity index (χ2n) is 6.23. The first-order valence-electron chi connectivity index (χ1n) is 8.92. The first-order chi connectivity index (χ1) is 10.3. The maximum atomic E-state index is 9.29. The standard InChI is InChI=1S/C18H35N2O/c1-3-5-6-7-8-9-10-11-12-13-18-19-14-15-20(18,4-2)16-17-21/h10-11,14,18,21H,3-9,12-13,15-17H2,1-2H3/q+1/b11-10+. The van der Waals surface area contributed by atoms with E-state index < -0.39 is 0 Å². The van der Waals surface area contributed by atoms with Crippen LogP contribution in [-0.2, 0) is 0 Å². The number of hydrogen-bond acceptors (Lipinski definition) is 2. The topological polar surface area (TPSA) is 32.6 Å². The molecule has 0 radical (unpaired) electrons. The fourth-order valence-corrected chi connectivity index (χ4v) is 3.23. The summed E-state index contributed by atoms with van der Waals surface area (Å²) in [6.07, 6.45) is 17.3. The molecule has 2 atom stereocenters. The van der Waals surface area contributed by atoms with Crippen molar-refractivity contribution >= 4 is 6.21 Å². The highest BCUT2D eigenvalue weighted by Crippen LogP contribution is 2.23. The van der Waals surface area contributed by atoms with E-state index in [4.69, 9.17) is 0 Å². The van der Waals surface area contributed by atoms with Crippen LogP contribution in [0.4, 0.5) is 0 Å². The lowest BCUT2D eigenvalue weighted by molar-refractivity contribution is -0.936. The summed E-state index contributed by atoms with van der Waals surface area (Å²) < 4.78 is 0.946. The molecule has 1 aliphatic rings. The third-order valence-electron chi connectivity index (χ3n) is 4.76. The van der Waals surface area contributed by atoms with E-state index in [2.05, 4.69) is 37.2 Å². The van der Waals surface area contributed by atoms with Crippen molar-refractivity contribution in [3.05, 3.63) is 12.2 Å². The fraction of sp³-hybridized carbons (Fsp3) is 0.833. The van der Waals surface area contributed by atoms with Gasteiger partial charge in [0.1, 0.15) is 13.1 Å². The molecule has 0 aromatic heterocycles. The van der Waals surface area contributed by atoms with Crippen molar-refractivity contribution < 1.29 is 9.59 Å². The molecule has 21 heavy (non-hydrogen) atoms. The van der Waals surface area contributed by atoms with Gasteiger partial charge < -0.3 is 5.11 Å². The molecule has 1 aliphatic heterocycles. The molecule has 0 amide bonds. The van der Waals surface area contributed by atoms with Gasteiger partial charge in [-0.05, 0) is 26.2 Å². The Morgan fingerprint density at radius 3 is 2.62 bits per heavy atom. The van der Waals surface area contributed by atoms with Gasteiger partial charge in [-0.1, -0.05) is 44.8 Å². The fourth-order valence-electron chi connectivity index (χ4n) is 3.23. The monoisotopic (exact) mass is 295 g/mol. The summed E-state index contributed by atoms with van der Waals surface area (Å²) in [6, 6.07) is 0. The quantitative estimate of drug-likeness (QED) is 0.330. The van der Waals surface area contributed by atoms with E-state index in [0.29, 0.717) is 6.17 Å². The van der Waals surface area contributed by atoms with E-state index in [1.807, 2.05) is 0 Å². The zero-order chi connectivity index (χ0) is 15.4. The van der Waals surface area contributed by atoms with E-state index in [9.17, 15) is 5.11 Å².